The highest BCUT2D eigenvalue weighted by atomic mass is 79.9. The molecule has 3 aliphatic heterocycles. The minimum Gasteiger partial charge on any atom is -0.343 e. The Morgan fingerprint density at radius 3 is 2.33 bits per heavy atom. The molecule has 1 N–H and O–H groups in total. The van der Waals surface area contributed by atoms with Gasteiger partial charge in [0.2, 0.25) is 5.91 Å². The molecule has 1 amide bonds. The summed E-state index contributed by atoms with van der Waals surface area (Å²) in [5, 5.41) is 5.01. The fourth-order valence-corrected chi connectivity index (χ4v) is 7.64. The lowest BCUT2D eigenvalue weighted by Gasteiger charge is -2.43. The van der Waals surface area contributed by atoms with Crippen LogP contribution in [0, 0.1) is 17.8 Å². The first-order valence-electron chi connectivity index (χ1n) is 15.8. The van der Waals surface area contributed by atoms with E-state index in [-0.39, 0.29) is 6.04 Å². The van der Waals surface area contributed by atoms with Crippen LogP contribution in [-0.2, 0) is 11.2 Å². The molecule has 1 aromatic carbocycles. The highest BCUT2D eigenvalue weighted by molar-refractivity contribution is 9.09. The molecule has 4 aliphatic rings. The molecule has 3 fully saturated rings. The fraction of sp³-hybridized carbons (Fsp3) is 0.697. The van der Waals surface area contributed by atoms with E-state index in [0.29, 0.717) is 11.8 Å². The third kappa shape index (κ3) is 7.99. The van der Waals surface area contributed by atoms with E-state index in [1.165, 1.54) is 48.1 Å². The molecule has 0 spiro atoms. The highest BCUT2D eigenvalue weighted by Crippen LogP contribution is 2.42. The molecule has 0 saturated carbocycles. The number of aryl methyl sites for hydroxylation is 1. The molecule has 1 aliphatic carbocycles. The Morgan fingerprint density at radius 1 is 1.02 bits per heavy atom. The second-order valence-corrected chi connectivity index (χ2v) is 13.0. The maximum Gasteiger partial charge on any atom is 0.222 e. The maximum absolute atomic E-state index is 12.9. The Bertz CT molecular complexity index is 1020. The van der Waals surface area contributed by atoms with Gasteiger partial charge < -0.3 is 10.2 Å². The van der Waals surface area contributed by atoms with Crippen molar-refractivity contribution in [1.29, 1.82) is 0 Å². The van der Waals surface area contributed by atoms with Crippen LogP contribution >= 0.6 is 27.5 Å². The second kappa shape index (κ2) is 15.9. The van der Waals surface area contributed by atoms with Crippen molar-refractivity contribution in [3.63, 3.8) is 0 Å². The number of amides is 1. The lowest BCUT2D eigenvalue weighted by atomic mass is 9.78. The van der Waals surface area contributed by atoms with Crippen LogP contribution in [0.15, 0.2) is 34.5 Å². The van der Waals surface area contributed by atoms with Crippen LogP contribution in [0.5, 0.6) is 0 Å². The number of nitrogens with one attached hydrogen (secondary N) is 1. The average molecular weight is 634 g/mol. The number of carbonyl (C=O) groups is 1. The Labute approximate surface area is 256 Å². The molecular formula is C33H50BrClN4O. The fourth-order valence-electron chi connectivity index (χ4n) is 7.30. The molecule has 1 aromatic rings. The second-order valence-electron chi connectivity index (χ2n) is 11.9. The lowest BCUT2D eigenvalue weighted by Crippen LogP contribution is -2.44. The van der Waals surface area contributed by atoms with Crippen molar-refractivity contribution in [3.8, 4) is 0 Å². The van der Waals surface area contributed by atoms with Gasteiger partial charge in [0, 0.05) is 36.1 Å². The molecule has 3 saturated heterocycles. The topological polar surface area (TPSA) is 47.9 Å². The number of aliphatic imine (C=N–C) groups is 1. The van der Waals surface area contributed by atoms with Crippen LogP contribution in [0.2, 0.25) is 5.02 Å². The summed E-state index contributed by atoms with van der Waals surface area (Å²) in [5.74, 6) is 2.50. The van der Waals surface area contributed by atoms with Crippen molar-refractivity contribution in [2.24, 2.45) is 22.7 Å². The minimum atomic E-state index is 0.204. The Morgan fingerprint density at radius 2 is 1.68 bits per heavy atom. The predicted octanol–water partition coefficient (Wildman–Crippen LogP) is 7.43. The number of alkyl halides is 1. The van der Waals surface area contributed by atoms with E-state index in [1.54, 1.807) is 0 Å². The van der Waals surface area contributed by atoms with Crippen molar-refractivity contribution in [3.05, 3.63) is 45.6 Å². The number of rotatable bonds is 6. The third-order valence-corrected chi connectivity index (χ3v) is 10.1. The Kier molecular flexibility index (Phi) is 12.6. The zero-order valence-electron chi connectivity index (χ0n) is 24.9. The minimum absolute atomic E-state index is 0.204. The van der Waals surface area contributed by atoms with E-state index in [2.05, 4.69) is 50.1 Å². The number of carbonyl (C=O) groups excluding carboxylic acids is 1. The first kappa shape index (κ1) is 31.7. The van der Waals surface area contributed by atoms with Gasteiger partial charge in [-0.25, -0.2) is 0 Å². The lowest BCUT2D eigenvalue weighted by molar-refractivity contribution is -0.134. The molecule has 0 radical (unpaired) electrons. The van der Waals surface area contributed by atoms with E-state index in [1.807, 2.05) is 26.1 Å². The molecule has 0 bridgehead atoms. The first-order chi connectivity index (χ1) is 19.5. The summed E-state index contributed by atoms with van der Waals surface area (Å²) in [6, 6.07) is 6.66. The maximum atomic E-state index is 12.9. The van der Waals surface area contributed by atoms with Gasteiger partial charge in [-0.3, -0.25) is 14.7 Å². The third-order valence-electron chi connectivity index (χ3n) is 9.58. The molecule has 5 rings (SSSR count). The number of piperidine rings is 3. The van der Waals surface area contributed by atoms with Gasteiger partial charge in [-0.15, -0.1) is 0 Å². The molecular weight excluding hydrogens is 584 g/mol. The number of hydrogen-bond donors (Lipinski definition) is 1. The molecule has 222 valence electrons. The van der Waals surface area contributed by atoms with Gasteiger partial charge in [0.15, 0.2) is 0 Å². The van der Waals surface area contributed by atoms with Gasteiger partial charge in [-0.05, 0) is 131 Å². The molecule has 1 unspecified atom stereocenters. The van der Waals surface area contributed by atoms with Gasteiger partial charge in [-0.1, -0.05) is 47.4 Å². The van der Waals surface area contributed by atoms with Crippen LogP contribution < -0.4 is 5.32 Å². The summed E-state index contributed by atoms with van der Waals surface area (Å²) in [4.78, 5) is 22.8. The van der Waals surface area contributed by atoms with E-state index < -0.39 is 0 Å². The standard InChI is InChI=1S/C31H44BrClN4O.C2H6/c1-22-2-3-26-21-27(33)4-5-28(26)31(30(22)35-15-12-32)37-18-10-25(11-19-37)24-8-16-36(17-9-24)29(38)20-23-6-13-34-14-7-23;1-2/h4-5,15,21,23-25,31,34H,2-3,6-14,16-20H2,1H3;1-2H3. The summed E-state index contributed by atoms with van der Waals surface area (Å²) in [5.41, 5.74) is 5.37. The number of likely N-dealkylation sites (tertiary alicyclic amines) is 2. The van der Waals surface area contributed by atoms with Crippen LogP contribution in [-0.4, -0.2) is 66.5 Å². The van der Waals surface area contributed by atoms with Crippen LogP contribution in [0.25, 0.3) is 0 Å². The summed E-state index contributed by atoms with van der Waals surface area (Å²) in [6.07, 6.45) is 11.9. The number of nitrogens with zero attached hydrogens (tertiary/aromatic N) is 3. The van der Waals surface area contributed by atoms with Crippen LogP contribution in [0.3, 0.4) is 0 Å². The van der Waals surface area contributed by atoms with E-state index >= 15 is 0 Å². The molecule has 3 heterocycles. The summed E-state index contributed by atoms with van der Waals surface area (Å²) < 4.78 is 0. The van der Waals surface area contributed by atoms with Crippen molar-refractivity contribution in [2.75, 3.05) is 44.6 Å². The van der Waals surface area contributed by atoms with Gasteiger partial charge in [0.05, 0.1) is 11.7 Å². The molecule has 7 heteroatoms. The highest BCUT2D eigenvalue weighted by Gasteiger charge is 2.36. The molecule has 5 nitrogen and oxygen atoms in total. The van der Waals surface area contributed by atoms with E-state index in [4.69, 9.17) is 16.6 Å². The molecule has 1 atom stereocenters. The first-order valence-corrected chi connectivity index (χ1v) is 17.3. The summed E-state index contributed by atoms with van der Waals surface area (Å²) in [7, 11) is 0. The van der Waals surface area contributed by atoms with Crippen molar-refractivity contribution < 1.29 is 4.79 Å². The van der Waals surface area contributed by atoms with Crippen molar-refractivity contribution >= 4 is 39.7 Å². The molecule has 40 heavy (non-hydrogen) atoms. The quantitative estimate of drug-likeness (QED) is 0.262. The Balaban J connectivity index is 0.00000181. The zero-order valence-corrected chi connectivity index (χ0v) is 27.3. The van der Waals surface area contributed by atoms with Crippen LogP contribution in [0.4, 0.5) is 0 Å². The SMILES string of the molecule is CC.CC1=C(N=CCBr)C(N2CCC(C3CCN(C(=O)CC4CCNCC4)CC3)CC2)c2ccc(Cl)cc2CC1. The zero-order chi connectivity index (χ0) is 28.5. The van der Waals surface area contributed by atoms with Crippen LogP contribution in [0.1, 0.15) is 89.3 Å². The number of hydrogen-bond acceptors (Lipinski definition) is 4. The smallest absolute Gasteiger partial charge is 0.222 e. The predicted molar refractivity (Wildman–Crippen MR) is 173 cm³/mol. The normalized spacial score (nSPS) is 24.0. The number of fused-ring (bicyclic) bond motifs is 1. The van der Waals surface area contributed by atoms with Gasteiger partial charge >= 0.3 is 0 Å². The van der Waals surface area contributed by atoms with E-state index in [0.717, 1.165) is 93.6 Å². The van der Waals surface area contributed by atoms with Crippen molar-refractivity contribution in [2.45, 2.75) is 84.6 Å². The average Bonchev–Trinajstić information content (AvgIpc) is 3.13. The summed E-state index contributed by atoms with van der Waals surface area (Å²) in [6.45, 7) is 12.5. The Hall–Kier alpha value is -1.21. The van der Waals surface area contributed by atoms with Gasteiger partial charge in [-0.2, -0.15) is 0 Å². The molecule has 0 aromatic heterocycles. The number of halogens is 2. The monoisotopic (exact) mass is 632 g/mol. The largest absolute Gasteiger partial charge is 0.343 e. The van der Waals surface area contributed by atoms with Gasteiger partial charge in [0.1, 0.15) is 0 Å². The van der Waals surface area contributed by atoms with E-state index in [9.17, 15) is 4.79 Å². The number of benzene rings is 1. The number of allylic oxidation sites excluding steroid dienone is 1. The van der Waals surface area contributed by atoms with Crippen molar-refractivity contribution in [1.82, 2.24) is 15.1 Å². The van der Waals surface area contributed by atoms with Gasteiger partial charge in [0.25, 0.3) is 0 Å². The summed E-state index contributed by atoms with van der Waals surface area (Å²) >= 11 is 9.95.